The summed E-state index contributed by atoms with van der Waals surface area (Å²) < 4.78 is 5.25. The second kappa shape index (κ2) is 7.86. The molecule has 0 unspecified atom stereocenters. The van der Waals surface area contributed by atoms with Gasteiger partial charge in [-0.15, -0.1) is 0 Å². The molecule has 136 valence electrons. The van der Waals surface area contributed by atoms with Crippen LogP contribution in [0.15, 0.2) is 53.1 Å². The van der Waals surface area contributed by atoms with Gasteiger partial charge in [-0.25, -0.2) is 0 Å². The number of likely N-dealkylation sites (tertiary alicyclic amines) is 1. The first-order valence-electron chi connectivity index (χ1n) is 8.37. The Morgan fingerprint density at radius 1 is 1.19 bits per heavy atom. The van der Waals surface area contributed by atoms with E-state index >= 15 is 0 Å². The van der Waals surface area contributed by atoms with Crippen molar-refractivity contribution in [3.05, 3.63) is 60.1 Å². The Morgan fingerprint density at radius 3 is 2.62 bits per heavy atom. The first-order valence-corrected chi connectivity index (χ1v) is 8.37. The van der Waals surface area contributed by atoms with E-state index in [1.165, 1.54) is 11.2 Å². The zero-order valence-corrected chi connectivity index (χ0v) is 14.2. The van der Waals surface area contributed by atoms with Crippen molar-refractivity contribution in [3.8, 4) is 0 Å². The van der Waals surface area contributed by atoms with E-state index in [0.29, 0.717) is 12.3 Å². The zero-order valence-electron chi connectivity index (χ0n) is 14.2. The Balaban J connectivity index is 1.68. The van der Waals surface area contributed by atoms with Crippen molar-refractivity contribution in [2.24, 2.45) is 5.92 Å². The number of hydrogen-bond donors (Lipinski definition) is 1. The summed E-state index contributed by atoms with van der Waals surface area (Å²) >= 11 is 0. The second-order valence-corrected chi connectivity index (χ2v) is 6.33. The SMILES string of the molecule is O=C(O)CN(Cc1ccccc1)C(=O)[C@H]1CC(=O)N(Cc2ccco2)C1. The minimum atomic E-state index is -1.08. The molecule has 2 aromatic rings. The van der Waals surface area contributed by atoms with Crippen LogP contribution < -0.4 is 0 Å². The predicted octanol–water partition coefficient (Wildman–Crippen LogP) is 1.74. The van der Waals surface area contributed by atoms with Crippen molar-refractivity contribution in [1.29, 1.82) is 0 Å². The van der Waals surface area contributed by atoms with Crippen molar-refractivity contribution < 1.29 is 23.9 Å². The number of aliphatic carboxylic acids is 1. The van der Waals surface area contributed by atoms with E-state index in [9.17, 15) is 14.4 Å². The van der Waals surface area contributed by atoms with Crippen LogP contribution in [0.2, 0.25) is 0 Å². The summed E-state index contributed by atoms with van der Waals surface area (Å²) in [5.74, 6) is -1.41. The molecule has 1 aliphatic rings. The molecule has 2 heterocycles. The highest BCUT2D eigenvalue weighted by Crippen LogP contribution is 2.23. The van der Waals surface area contributed by atoms with Crippen LogP contribution in [0.4, 0.5) is 0 Å². The van der Waals surface area contributed by atoms with E-state index in [0.717, 1.165) is 5.56 Å². The third-order valence-corrected chi connectivity index (χ3v) is 4.34. The van der Waals surface area contributed by atoms with Gasteiger partial charge in [0, 0.05) is 19.5 Å². The number of carboxylic acid groups (broad SMARTS) is 1. The van der Waals surface area contributed by atoms with E-state index in [-0.39, 0.29) is 31.3 Å². The van der Waals surface area contributed by atoms with E-state index in [1.807, 2.05) is 30.3 Å². The molecule has 1 aromatic heterocycles. The summed E-state index contributed by atoms with van der Waals surface area (Å²) in [6.07, 6.45) is 1.62. The van der Waals surface area contributed by atoms with Crippen LogP contribution in [0.1, 0.15) is 17.7 Å². The molecule has 2 amide bonds. The van der Waals surface area contributed by atoms with Gasteiger partial charge in [-0.2, -0.15) is 0 Å². The third-order valence-electron chi connectivity index (χ3n) is 4.34. The minimum absolute atomic E-state index is 0.0877. The highest BCUT2D eigenvalue weighted by atomic mass is 16.4. The first kappa shape index (κ1) is 17.7. The molecular weight excluding hydrogens is 336 g/mol. The molecular formula is C19H20N2O5. The molecule has 0 radical (unpaired) electrons. The molecule has 0 spiro atoms. The van der Waals surface area contributed by atoms with Gasteiger partial charge in [0.15, 0.2) is 0 Å². The Labute approximate surface area is 150 Å². The van der Waals surface area contributed by atoms with E-state index in [4.69, 9.17) is 9.52 Å². The van der Waals surface area contributed by atoms with Crippen LogP contribution in [-0.2, 0) is 27.5 Å². The van der Waals surface area contributed by atoms with Gasteiger partial charge in [0.05, 0.1) is 18.7 Å². The number of amides is 2. The highest BCUT2D eigenvalue weighted by Gasteiger charge is 2.37. The summed E-state index contributed by atoms with van der Waals surface area (Å²) in [5.41, 5.74) is 0.846. The number of rotatable bonds is 7. The number of hydrogen-bond acceptors (Lipinski definition) is 4. The Morgan fingerprint density at radius 2 is 1.96 bits per heavy atom. The largest absolute Gasteiger partial charge is 0.480 e. The number of benzene rings is 1. The van der Waals surface area contributed by atoms with Crippen LogP contribution in [-0.4, -0.2) is 45.8 Å². The summed E-state index contributed by atoms with van der Waals surface area (Å²) in [6, 6.07) is 12.7. The van der Waals surface area contributed by atoms with Gasteiger partial charge in [0.2, 0.25) is 11.8 Å². The molecule has 1 saturated heterocycles. The monoisotopic (exact) mass is 356 g/mol. The van der Waals surface area contributed by atoms with Crippen molar-refractivity contribution in [2.75, 3.05) is 13.1 Å². The molecule has 26 heavy (non-hydrogen) atoms. The Hall–Kier alpha value is -3.09. The van der Waals surface area contributed by atoms with Gasteiger partial charge in [0.25, 0.3) is 0 Å². The third kappa shape index (κ3) is 4.30. The van der Waals surface area contributed by atoms with Crippen LogP contribution in [0.5, 0.6) is 0 Å². The number of carbonyl (C=O) groups is 3. The molecule has 0 aliphatic carbocycles. The van der Waals surface area contributed by atoms with Gasteiger partial charge in [-0.1, -0.05) is 30.3 Å². The average molecular weight is 356 g/mol. The smallest absolute Gasteiger partial charge is 0.323 e. The highest BCUT2D eigenvalue weighted by molar-refractivity contribution is 5.90. The lowest BCUT2D eigenvalue weighted by Crippen LogP contribution is -2.40. The molecule has 1 aromatic carbocycles. The lowest BCUT2D eigenvalue weighted by molar-refractivity contribution is -0.146. The number of furan rings is 1. The first-order chi connectivity index (χ1) is 12.5. The quantitative estimate of drug-likeness (QED) is 0.816. The average Bonchev–Trinajstić information content (AvgIpc) is 3.25. The zero-order chi connectivity index (χ0) is 18.5. The number of carboxylic acids is 1. The fourth-order valence-electron chi connectivity index (χ4n) is 3.12. The number of nitrogens with zero attached hydrogens (tertiary/aromatic N) is 2. The molecule has 1 atom stereocenters. The number of carbonyl (C=O) groups excluding carboxylic acids is 2. The van der Waals surface area contributed by atoms with Gasteiger partial charge >= 0.3 is 5.97 Å². The van der Waals surface area contributed by atoms with Crippen molar-refractivity contribution in [2.45, 2.75) is 19.5 Å². The van der Waals surface area contributed by atoms with Crippen LogP contribution in [0, 0.1) is 5.92 Å². The maximum atomic E-state index is 12.8. The summed E-state index contributed by atoms with van der Waals surface area (Å²) in [6.45, 7) is 0.391. The molecule has 3 rings (SSSR count). The van der Waals surface area contributed by atoms with Crippen molar-refractivity contribution in [3.63, 3.8) is 0 Å². The van der Waals surface area contributed by atoms with Gasteiger partial charge in [0.1, 0.15) is 12.3 Å². The minimum Gasteiger partial charge on any atom is -0.480 e. The maximum absolute atomic E-state index is 12.8. The van der Waals surface area contributed by atoms with E-state index in [1.54, 1.807) is 17.0 Å². The predicted molar refractivity (Wildman–Crippen MR) is 91.7 cm³/mol. The van der Waals surface area contributed by atoms with Crippen molar-refractivity contribution >= 4 is 17.8 Å². The maximum Gasteiger partial charge on any atom is 0.323 e. The standard InChI is InChI=1S/C19H20N2O5/c22-17-9-15(11-20(17)12-16-7-4-8-26-16)19(25)21(13-18(23)24)10-14-5-2-1-3-6-14/h1-8,15H,9-13H2,(H,23,24)/t15-/m0/s1. The Kier molecular flexibility index (Phi) is 5.36. The molecule has 1 N–H and O–H groups in total. The Bertz CT molecular complexity index is 772. The normalized spacial score (nSPS) is 16.7. The molecule has 7 nitrogen and oxygen atoms in total. The topological polar surface area (TPSA) is 91.1 Å². The molecule has 0 bridgehead atoms. The van der Waals surface area contributed by atoms with Crippen LogP contribution in [0.3, 0.4) is 0 Å². The van der Waals surface area contributed by atoms with E-state index < -0.39 is 18.4 Å². The van der Waals surface area contributed by atoms with Crippen LogP contribution in [0.25, 0.3) is 0 Å². The molecule has 1 aliphatic heterocycles. The molecule has 1 fully saturated rings. The summed E-state index contributed by atoms with van der Waals surface area (Å²) in [4.78, 5) is 39.1. The fraction of sp³-hybridized carbons (Fsp3) is 0.316. The van der Waals surface area contributed by atoms with Gasteiger partial charge in [-0.05, 0) is 17.7 Å². The lowest BCUT2D eigenvalue weighted by Gasteiger charge is -2.24. The summed E-state index contributed by atoms with van der Waals surface area (Å²) in [7, 11) is 0. The van der Waals surface area contributed by atoms with E-state index in [2.05, 4.69) is 0 Å². The molecule has 0 saturated carbocycles. The fourth-order valence-corrected chi connectivity index (χ4v) is 3.12. The molecule has 7 heteroatoms. The lowest BCUT2D eigenvalue weighted by atomic mass is 10.1. The van der Waals surface area contributed by atoms with Gasteiger partial charge in [-0.3, -0.25) is 14.4 Å². The van der Waals surface area contributed by atoms with Gasteiger partial charge < -0.3 is 19.3 Å². The summed E-state index contributed by atoms with van der Waals surface area (Å²) in [5, 5.41) is 9.15. The van der Waals surface area contributed by atoms with Crippen molar-refractivity contribution in [1.82, 2.24) is 9.80 Å². The van der Waals surface area contributed by atoms with Crippen LogP contribution >= 0.6 is 0 Å². The second-order valence-electron chi connectivity index (χ2n) is 6.33.